The number of benzene rings is 1. The molecule has 6 rings (SSSR count). The zero-order valence-electron chi connectivity index (χ0n) is 17.3. The van der Waals surface area contributed by atoms with E-state index in [0.717, 1.165) is 55.9 Å². The van der Waals surface area contributed by atoms with Gasteiger partial charge in [0.25, 0.3) is 0 Å². The van der Waals surface area contributed by atoms with Crippen molar-refractivity contribution in [3.63, 3.8) is 0 Å². The van der Waals surface area contributed by atoms with Gasteiger partial charge in [0, 0.05) is 19.7 Å². The van der Waals surface area contributed by atoms with Crippen LogP contribution in [0.2, 0.25) is 0 Å². The molecule has 0 atom stereocenters. The molecule has 5 fully saturated rings. The van der Waals surface area contributed by atoms with Crippen LogP contribution in [-0.2, 0) is 16.1 Å². The molecule has 4 saturated carbocycles. The quantitative estimate of drug-likeness (QED) is 0.740. The Morgan fingerprint density at radius 1 is 1.03 bits per heavy atom. The first-order valence-corrected chi connectivity index (χ1v) is 11.5. The molecule has 1 saturated heterocycles. The van der Waals surface area contributed by atoms with E-state index in [-0.39, 0.29) is 5.41 Å². The molecular weight excluding hydrogens is 360 g/mol. The van der Waals surface area contributed by atoms with Gasteiger partial charge in [-0.1, -0.05) is 12.1 Å². The highest BCUT2D eigenvalue weighted by atomic mass is 16.5. The number of nitriles is 1. The predicted molar refractivity (Wildman–Crippen MR) is 111 cm³/mol. The lowest BCUT2D eigenvalue weighted by Gasteiger charge is -2.57. The fraction of sp³-hybridized carbons (Fsp3) is 0.680. The summed E-state index contributed by atoms with van der Waals surface area (Å²) in [4.78, 5) is 15.7. The second-order valence-corrected chi connectivity index (χ2v) is 10.3. The highest BCUT2D eigenvalue weighted by molar-refractivity contribution is 5.83. The van der Waals surface area contributed by atoms with Crippen molar-refractivity contribution in [2.75, 3.05) is 19.7 Å². The molecule has 0 unspecified atom stereocenters. The van der Waals surface area contributed by atoms with Gasteiger partial charge < -0.3 is 9.64 Å². The topological polar surface area (TPSA) is 53.3 Å². The molecule has 4 heteroatoms. The number of piperidine rings is 1. The van der Waals surface area contributed by atoms with Crippen LogP contribution >= 0.6 is 0 Å². The van der Waals surface area contributed by atoms with E-state index in [2.05, 4.69) is 11.0 Å². The van der Waals surface area contributed by atoms with Crippen LogP contribution in [0.3, 0.4) is 0 Å². The number of rotatable bonds is 5. The zero-order valence-corrected chi connectivity index (χ0v) is 17.3. The maximum atomic E-state index is 13.5. The number of ether oxygens (including phenoxy) is 1. The van der Waals surface area contributed by atoms with Crippen LogP contribution in [0.1, 0.15) is 62.5 Å². The molecule has 0 radical (unpaired) electrons. The summed E-state index contributed by atoms with van der Waals surface area (Å²) in [5.41, 5.74) is 1.80. The van der Waals surface area contributed by atoms with E-state index in [9.17, 15) is 4.79 Å². The average Bonchev–Trinajstić information content (AvgIpc) is 2.73. The maximum Gasteiger partial charge on any atom is 0.228 e. The fourth-order valence-electron chi connectivity index (χ4n) is 7.03. The number of carbonyl (C=O) groups is 1. The molecule has 0 N–H and O–H groups in total. The lowest BCUT2D eigenvalue weighted by Crippen LogP contribution is -2.55. The third-order valence-corrected chi connectivity index (χ3v) is 8.10. The molecule has 1 aromatic rings. The Kier molecular flexibility index (Phi) is 5.12. The SMILES string of the molecule is N#Cc1ccc(COCC2CCN(C(=O)C34CC5CC(CC(C5)C3)C4)CC2)cc1. The molecule has 4 aliphatic carbocycles. The molecule has 5 aliphatic rings. The number of hydrogen-bond acceptors (Lipinski definition) is 3. The normalized spacial score (nSPS) is 33.6. The van der Waals surface area contributed by atoms with Crippen molar-refractivity contribution in [3.05, 3.63) is 35.4 Å². The Balaban J connectivity index is 1.09. The summed E-state index contributed by atoms with van der Waals surface area (Å²) in [5.74, 6) is 3.54. The highest BCUT2D eigenvalue weighted by Crippen LogP contribution is 2.60. The summed E-state index contributed by atoms with van der Waals surface area (Å²) in [5, 5.41) is 8.87. The number of hydrogen-bond donors (Lipinski definition) is 0. The van der Waals surface area contributed by atoms with E-state index in [1.165, 1.54) is 38.5 Å². The van der Waals surface area contributed by atoms with Crippen LogP contribution in [0.4, 0.5) is 0 Å². The molecule has 1 heterocycles. The Morgan fingerprint density at radius 3 is 2.17 bits per heavy atom. The molecule has 0 spiro atoms. The van der Waals surface area contributed by atoms with Crippen molar-refractivity contribution in [3.8, 4) is 6.07 Å². The van der Waals surface area contributed by atoms with E-state index in [0.29, 0.717) is 24.0 Å². The predicted octanol–water partition coefficient (Wildman–Crippen LogP) is 4.53. The first kappa shape index (κ1) is 19.1. The van der Waals surface area contributed by atoms with Gasteiger partial charge in [-0.05, 0) is 92.7 Å². The molecular formula is C25H32N2O2. The number of nitrogens with zero attached hydrogens (tertiary/aromatic N) is 2. The first-order chi connectivity index (χ1) is 14.1. The zero-order chi connectivity index (χ0) is 19.8. The van der Waals surface area contributed by atoms with Gasteiger partial charge in [0.05, 0.1) is 23.7 Å². The lowest BCUT2D eigenvalue weighted by molar-refractivity contribution is -0.159. The smallest absolute Gasteiger partial charge is 0.228 e. The van der Waals surface area contributed by atoms with Crippen molar-refractivity contribution >= 4 is 5.91 Å². The van der Waals surface area contributed by atoms with Crippen LogP contribution in [0.15, 0.2) is 24.3 Å². The first-order valence-electron chi connectivity index (χ1n) is 11.5. The van der Waals surface area contributed by atoms with Crippen molar-refractivity contribution in [2.24, 2.45) is 29.1 Å². The monoisotopic (exact) mass is 392 g/mol. The van der Waals surface area contributed by atoms with E-state index in [4.69, 9.17) is 10.00 Å². The van der Waals surface area contributed by atoms with Crippen molar-refractivity contribution in [2.45, 2.75) is 58.0 Å². The molecule has 29 heavy (non-hydrogen) atoms. The summed E-state index contributed by atoms with van der Waals surface area (Å²) in [6.07, 6.45) is 9.82. The second kappa shape index (κ2) is 7.76. The third-order valence-electron chi connectivity index (χ3n) is 8.10. The largest absolute Gasteiger partial charge is 0.376 e. The second-order valence-electron chi connectivity index (χ2n) is 10.3. The van der Waals surface area contributed by atoms with Gasteiger partial charge >= 0.3 is 0 Å². The lowest BCUT2D eigenvalue weighted by atomic mass is 9.49. The van der Waals surface area contributed by atoms with Gasteiger partial charge in [0.2, 0.25) is 5.91 Å². The summed E-state index contributed by atoms with van der Waals surface area (Å²) in [6, 6.07) is 9.75. The molecule has 0 aromatic heterocycles. The molecule has 154 valence electrons. The number of amides is 1. The standard InChI is InChI=1S/C25H32N2O2/c26-15-18-1-3-19(4-2-18)16-29-17-20-5-7-27(8-6-20)24(28)25-12-21-9-22(13-25)11-23(10-21)14-25/h1-4,20-23H,5-14,16-17H2. The molecule has 1 aromatic carbocycles. The fourth-order valence-corrected chi connectivity index (χ4v) is 7.03. The minimum atomic E-state index is 0.00761. The van der Waals surface area contributed by atoms with Gasteiger partial charge in [-0.25, -0.2) is 0 Å². The Labute approximate surface area is 174 Å². The number of carbonyl (C=O) groups excluding carboxylic acids is 1. The Hall–Kier alpha value is -1.86. The molecule has 4 nitrogen and oxygen atoms in total. The molecule has 1 aliphatic heterocycles. The minimum absolute atomic E-state index is 0.00761. The van der Waals surface area contributed by atoms with Crippen LogP contribution in [0.25, 0.3) is 0 Å². The van der Waals surface area contributed by atoms with Gasteiger partial charge in [-0.3, -0.25) is 4.79 Å². The van der Waals surface area contributed by atoms with Crippen molar-refractivity contribution in [1.29, 1.82) is 5.26 Å². The van der Waals surface area contributed by atoms with E-state index >= 15 is 0 Å². The summed E-state index contributed by atoms with van der Waals surface area (Å²) >= 11 is 0. The van der Waals surface area contributed by atoms with Crippen LogP contribution in [0.5, 0.6) is 0 Å². The van der Waals surface area contributed by atoms with E-state index in [1.807, 2.05) is 24.3 Å². The maximum absolute atomic E-state index is 13.5. The van der Waals surface area contributed by atoms with Crippen molar-refractivity contribution in [1.82, 2.24) is 4.90 Å². The Bertz CT molecular complexity index is 751. The molecule has 1 amide bonds. The van der Waals surface area contributed by atoms with Gasteiger partial charge in [-0.2, -0.15) is 5.26 Å². The van der Waals surface area contributed by atoms with E-state index < -0.39 is 0 Å². The Morgan fingerprint density at radius 2 is 1.62 bits per heavy atom. The highest BCUT2D eigenvalue weighted by Gasteiger charge is 2.55. The number of likely N-dealkylation sites (tertiary alicyclic amines) is 1. The third kappa shape index (κ3) is 3.82. The molecule has 4 bridgehead atoms. The average molecular weight is 393 g/mol. The summed E-state index contributed by atoms with van der Waals surface area (Å²) in [6.45, 7) is 3.18. The van der Waals surface area contributed by atoms with Gasteiger partial charge in [0.15, 0.2) is 0 Å². The van der Waals surface area contributed by atoms with Crippen LogP contribution in [0, 0.1) is 40.4 Å². The summed E-state index contributed by atoms with van der Waals surface area (Å²) in [7, 11) is 0. The van der Waals surface area contributed by atoms with Gasteiger partial charge in [0.1, 0.15) is 0 Å². The van der Waals surface area contributed by atoms with E-state index in [1.54, 1.807) is 0 Å². The van der Waals surface area contributed by atoms with Crippen LogP contribution < -0.4 is 0 Å². The van der Waals surface area contributed by atoms with Crippen LogP contribution in [-0.4, -0.2) is 30.5 Å². The summed E-state index contributed by atoms with van der Waals surface area (Å²) < 4.78 is 5.94. The van der Waals surface area contributed by atoms with Gasteiger partial charge in [-0.15, -0.1) is 0 Å². The van der Waals surface area contributed by atoms with Crippen molar-refractivity contribution < 1.29 is 9.53 Å². The minimum Gasteiger partial charge on any atom is -0.376 e.